The van der Waals surface area contributed by atoms with Crippen LogP contribution in [-0.2, 0) is 13.0 Å². The summed E-state index contributed by atoms with van der Waals surface area (Å²) in [6.07, 6.45) is 0.465. The summed E-state index contributed by atoms with van der Waals surface area (Å²) in [4.78, 5) is 26.4. The molecule has 1 aliphatic rings. The van der Waals surface area contributed by atoms with E-state index in [9.17, 15) is 14.7 Å². The van der Waals surface area contributed by atoms with E-state index in [0.29, 0.717) is 41.5 Å². The smallest absolute Gasteiger partial charge is 0.356 e. The van der Waals surface area contributed by atoms with Crippen LogP contribution < -0.4 is 19.5 Å². The van der Waals surface area contributed by atoms with E-state index in [1.54, 1.807) is 21.7 Å². The van der Waals surface area contributed by atoms with Crippen LogP contribution in [0.15, 0.2) is 42.5 Å². The summed E-state index contributed by atoms with van der Waals surface area (Å²) in [5, 5.41) is 16.8. The number of carboxylic acids is 1. The summed E-state index contributed by atoms with van der Waals surface area (Å²) in [5.74, 6) is 0.101. The Morgan fingerprint density at radius 2 is 1.70 bits per heavy atom. The number of ether oxygens (including phenoxy) is 3. The Morgan fingerprint density at radius 1 is 1.03 bits per heavy atom. The number of carbonyl (C=O) groups is 2. The molecule has 10 heteroatoms. The zero-order valence-electron chi connectivity index (χ0n) is 18.5. The van der Waals surface area contributed by atoms with Gasteiger partial charge in [-0.3, -0.25) is 0 Å². The van der Waals surface area contributed by atoms with Crippen molar-refractivity contribution in [3.05, 3.63) is 59.4 Å². The molecular weight excluding hydrogens is 428 g/mol. The van der Waals surface area contributed by atoms with Gasteiger partial charge in [-0.25, -0.2) is 14.3 Å². The Kier molecular flexibility index (Phi) is 6.07. The maximum atomic E-state index is 13.0. The van der Waals surface area contributed by atoms with E-state index in [1.165, 1.54) is 21.3 Å². The number of anilines is 1. The molecule has 3 aromatic rings. The lowest BCUT2D eigenvalue weighted by atomic mass is 10.1. The number of urea groups is 1. The Morgan fingerprint density at radius 3 is 2.27 bits per heavy atom. The molecular formula is C23H24N4O6. The molecule has 0 bridgehead atoms. The first-order valence-electron chi connectivity index (χ1n) is 10.2. The Bertz CT molecular complexity index is 1170. The van der Waals surface area contributed by atoms with Crippen molar-refractivity contribution in [3.8, 4) is 22.9 Å². The van der Waals surface area contributed by atoms with Gasteiger partial charge in [0.25, 0.3) is 0 Å². The fourth-order valence-corrected chi connectivity index (χ4v) is 3.90. The van der Waals surface area contributed by atoms with E-state index in [0.717, 1.165) is 11.4 Å². The molecule has 4 rings (SSSR count). The lowest BCUT2D eigenvalue weighted by Crippen LogP contribution is -2.39. The molecule has 1 aromatic heterocycles. The van der Waals surface area contributed by atoms with Crippen molar-refractivity contribution < 1.29 is 28.9 Å². The van der Waals surface area contributed by atoms with Crippen molar-refractivity contribution in [2.45, 2.75) is 13.0 Å². The number of nitrogens with one attached hydrogen (secondary N) is 1. The van der Waals surface area contributed by atoms with Gasteiger partial charge in [-0.15, -0.1) is 0 Å². The SMILES string of the molecule is COc1cc(NC(=O)N2CCc3c(c(C(=O)O)nn3-c3ccccc3)C2)cc(OC)c1OC. The Hall–Kier alpha value is -4.21. The standard InChI is InChI=1S/C23H24N4O6/c1-31-18-11-14(12-19(32-2)21(18)33-3)24-23(30)26-10-9-17-16(13-26)20(22(28)29)25-27(17)15-7-5-4-6-8-15/h4-8,11-12H,9-10,13H2,1-3H3,(H,24,30)(H,28,29). The summed E-state index contributed by atoms with van der Waals surface area (Å²) in [6.45, 7) is 0.529. The van der Waals surface area contributed by atoms with Crippen LogP contribution in [0.25, 0.3) is 5.69 Å². The summed E-state index contributed by atoms with van der Waals surface area (Å²) in [5.41, 5.74) is 2.49. The number of carbonyl (C=O) groups excluding carboxylic acids is 1. The van der Waals surface area contributed by atoms with E-state index in [4.69, 9.17) is 14.2 Å². The number of aromatic nitrogens is 2. The van der Waals surface area contributed by atoms with Crippen LogP contribution in [0.3, 0.4) is 0 Å². The molecule has 0 unspecified atom stereocenters. The van der Waals surface area contributed by atoms with Crippen LogP contribution in [0.4, 0.5) is 10.5 Å². The first-order valence-corrected chi connectivity index (χ1v) is 10.2. The van der Waals surface area contributed by atoms with Crippen molar-refractivity contribution in [2.24, 2.45) is 0 Å². The molecule has 33 heavy (non-hydrogen) atoms. The summed E-state index contributed by atoms with van der Waals surface area (Å²) < 4.78 is 17.6. The lowest BCUT2D eigenvalue weighted by molar-refractivity contribution is 0.0687. The van der Waals surface area contributed by atoms with Crippen LogP contribution in [0.1, 0.15) is 21.7 Å². The predicted octanol–water partition coefficient (Wildman–Crippen LogP) is 3.19. The number of carboxylic acid groups (broad SMARTS) is 1. The quantitative estimate of drug-likeness (QED) is 0.590. The molecule has 2 amide bonds. The highest BCUT2D eigenvalue weighted by atomic mass is 16.5. The first kappa shape index (κ1) is 22.0. The number of benzene rings is 2. The van der Waals surface area contributed by atoms with Gasteiger partial charge in [0, 0.05) is 30.7 Å². The van der Waals surface area contributed by atoms with Gasteiger partial charge in [0.1, 0.15) is 0 Å². The van der Waals surface area contributed by atoms with Gasteiger partial charge in [0.05, 0.1) is 44.9 Å². The van der Waals surface area contributed by atoms with Crippen molar-refractivity contribution in [1.29, 1.82) is 0 Å². The van der Waals surface area contributed by atoms with Crippen LogP contribution >= 0.6 is 0 Å². The minimum atomic E-state index is -1.13. The second-order valence-electron chi connectivity index (χ2n) is 7.34. The molecule has 2 heterocycles. The van der Waals surface area contributed by atoms with Crippen molar-refractivity contribution in [3.63, 3.8) is 0 Å². The number of hydrogen-bond donors (Lipinski definition) is 2. The maximum absolute atomic E-state index is 13.0. The highest BCUT2D eigenvalue weighted by Gasteiger charge is 2.30. The van der Waals surface area contributed by atoms with Gasteiger partial charge in [-0.1, -0.05) is 18.2 Å². The molecule has 0 saturated carbocycles. The van der Waals surface area contributed by atoms with E-state index in [-0.39, 0.29) is 18.3 Å². The molecule has 2 N–H and O–H groups in total. The van der Waals surface area contributed by atoms with E-state index < -0.39 is 5.97 Å². The van der Waals surface area contributed by atoms with E-state index in [1.807, 2.05) is 30.3 Å². The minimum absolute atomic E-state index is 0.0564. The fourth-order valence-electron chi connectivity index (χ4n) is 3.90. The van der Waals surface area contributed by atoms with E-state index >= 15 is 0 Å². The number of hydrogen-bond acceptors (Lipinski definition) is 6. The Balaban J connectivity index is 1.60. The summed E-state index contributed by atoms with van der Waals surface area (Å²) in [6, 6.07) is 12.2. The average molecular weight is 452 g/mol. The van der Waals surface area contributed by atoms with Gasteiger partial charge in [0.15, 0.2) is 17.2 Å². The third kappa shape index (κ3) is 4.14. The highest BCUT2D eigenvalue weighted by molar-refractivity contribution is 5.91. The molecule has 0 saturated heterocycles. The van der Waals surface area contributed by atoms with Crippen molar-refractivity contribution >= 4 is 17.7 Å². The van der Waals surface area contributed by atoms with Gasteiger partial charge < -0.3 is 29.5 Å². The van der Waals surface area contributed by atoms with Gasteiger partial charge in [-0.05, 0) is 12.1 Å². The summed E-state index contributed by atoms with van der Waals surface area (Å²) >= 11 is 0. The van der Waals surface area contributed by atoms with E-state index in [2.05, 4.69) is 10.4 Å². The van der Waals surface area contributed by atoms with Crippen LogP contribution in [0.5, 0.6) is 17.2 Å². The number of rotatable bonds is 6. The average Bonchev–Trinajstić information content (AvgIpc) is 3.23. The number of para-hydroxylation sites is 1. The lowest BCUT2D eigenvalue weighted by Gasteiger charge is -2.28. The van der Waals surface area contributed by atoms with Crippen molar-refractivity contribution in [2.75, 3.05) is 33.2 Å². The predicted molar refractivity (Wildman–Crippen MR) is 120 cm³/mol. The minimum Gasteiger partial charge on any atom is -0.493 e. The third-order valence-electron chi connectivity index (χ3n) is 5.46. The second-order valence-corrected chi connectivity index (χ2v) is 7.34. The number of amides is 2. The molecule has 10 nitrogen and oxygen atoms in total. The number of nitrogens with zero attached hydrogens (tertiary/aromatic N) is 3. The monoisotopic (exact) mass is 452 g/mol. The number of fused-ring (bicyclic) bond motifs is 1. The molecule has 0 aliphatic carbocycles. The number of aromatic carboxylic acids is 1. The van der Waals surface area contributed by atoms with Gasteiger partial charge in [-0.2, -0.15) is 5.10 Å². The molecule has 1 aliphatic heterocycles. The van der Waals surface area contributed by atoms with Crippen LogP contribution in [-0.4, -0.2) is 59.7 Å². The molecule has 0 radical (unpaired) electrons. The first-order chi connectivity index (χ1) is 16.0. The molecule has 2 aromatic carbocycles. The van der Waals surface area contributed by atoms with Crippen LogP contribution in [0.2, 0.25) is 0 Å². The van der Waals surface area contributed by atoms with Crippen molar-refractivity contribution in [1.82, 2.24) is 14.7 Å². The Labute approximate surface area is 190 Å². The fraction of sp³-hybridized carbons (Fsp3) is 0.261. The normalized spacial score (nSPS) is 12.6. The third-order valence-corrected chi connectivity index (χ3v) is 5.46. The number of methoxy groups -OCH3 is 3. The zero-order valence-corrected chi connectivity index (χ0v) is 18.5. The largest absolute Gasteiger partial charge is 0.493 e. The molecule has 0 fully saturated rings. The second kappa shape index (κ2) is 9.11. The zero-order chi connectivity index (χ0) is 23.5. The highest BCUT2D eigenvalue weighted by Crippen LogP contribution is 2.40. The van der Waals surface area contributed by atoms with Crippen LogP contribution in [0, 0.1) is 0 Å². The maximum Gasteiger partial charge on any atom is 0.356 e. The molecule has 0 atom stereocenters. The molecule has 172 valence electrons. The summed E-state index contributed by atoms with van der Waals surface area (Å²) in [7, 11) is 4.49. The molecule has 0 spiro atoms. The van der Waals surface area contributed by atoms with Gasteiger partial charge >= 0.3 is 12.0 Å². The topological polar surface area (TPSA) is 115 Å². The van der Waals surface area contributed by atoms with Gasteiger partial charge in [0.2, 0.25) is 5.75 Å².